The summed E-state index contributed by atoms with van der Waals surface area (Å²) in [5.41, 5.74) is 0.313. The van der Waals surface area contributed by atoms with Gasteiger partial charge in [0, 0.05) is 17.6 Å². The molecule has 0 bridgehead atoms. The maximum absolute atomic E-state index is 11.0. The molecule has 1 rings (SSSR count). The summed E-state index contributed by atoms with van der Waals surface area (Å²) in [5, 5.41) is 2.27. The van der Waals surface area contributed by atoms with Crippen molar-refractivity contribution in [2.75, 3.05) is 12.9 Å². The van der Waals surface area contributed by atoms with Gasteiger partial charge in [-0.3, -0.25) is 0 Å². The molecule has 0 unspecified atom stereocenters. The molecule has 14 heavy (non-hydrogen) atoms. The van der Waals surface area contributed by atoms with Gasteiger partial charge < -0.3 is 4.74 Å². The number of carbonyl (C=O) groups is 1. The largest absolute Gasteiger partial charge is 0.464 e. The molecule has 1 aromatic rings. The Labute approximate surface area is 91.9 Å². The van der Waals surface area contributed by atoms with Crippen LogP contribution in [0.2, 0.25) is 0 Å². The first kappa shape index (κ1) is 11.1. The summed E-state index contributed by atoms with van der Waals surface area (Å²) in [6, 6.07) is 0. The second kappa shape index (κ2) is 5.68. The van der Waals surface area contributed by atoms with Crippen molar-refractivity contribution in [1.82, 2.24) is 4.98 Å². The SMILES string of the molecule is COC(=O)c1csc(C#CCCS)n1. The highest BCUT2D eigenvalue weighted by atomic mass is 32.1. The maximum Gasteiger partial charge on any atom is 0.357 e. The van der Waals surface area contributed by atoms with Gasteiger partial charge in [-0.1, -0.05) is 5.92 Å². The van der Waals surface area contributed by atoms with Gasteiger partial charge in [0.15, 0.2) is 10.7 Å². The van der Waals surface area contributed by atoms with Crippen molar-refractivity contribution in [2.24, 2.45) is 0 Å². The number of ether oxygens (including phenoxy) is 1. The van der Waals surface area contributed by atoms with Gasteiger partial charge in [0.1, 0.15) is 0 Å². The van der Waals surface area contributed by atoms with Crippen molar-refractivity contribution in [3.05, 3.63) is 16.1 Å². The number of esters is 1. The summed E-state index contributed by atoms with van der Waals surface area (Å²) in [6.45, 7) is 0. The highest BCUT2D eigenvalue weighted by Gasteiger charge is 2.08. The van der Waals surface area contributed by atoms with E-state index in [9.17, 15) is 4.79 Å². The van der Waals surface area contributed by atoms with Gasteiger partial charge in [0.25, 0.3) is 0 Å². The second-order valence-corrected chi connectivity index (χ2v) is 3.61. The molecule has 0 aromatic carbocycles. The van der Waals surface area contributed by atoms with Crippen molar-refractivity contribution < 1.29 is 9.53 Å². The number of aromatic nitrogens is 1. The Morgan fingerprint density at radius 1 is 1.79 bits per heavy atom. The molecule has 0 aliphatic carbocycles. The van der Waals surface area contributed by atoms with Gasteiger partial charge in [0.05, 0.1) is 7.11 Å². The molecule has 5 heteroatoms. The van der Waals surface area contributed by atoms with Gasteiger partial charge in [-0.15, -0.1) is 11.3 Å². The Morgan fingerprint density at radius 3 is 3.21 bits per heavy atom. The lowest BCUT2D eigenvalue weighted by Crippen LogP contribution is -2.00. The Morgan fingerprint density at radius 2 is 2.57 bits per heavy atom. The number of rotatable bonds is 2. The van der Waals surface area contributed by atoms with E-state index in [-0.39, 0.29) is 0 Å². The lowest BCUT2D eigenvalue weighted by molar-refractivity contribution is 0.0595. The average molecular weight is 227 g/mol. The van der Waals surface area contributed by atoms with Crippen LogP contribution in [0.4, 0.5) is 0 Å². The van der Waals surface area contributed by atoms with Crippen LogP contribution in [0.15, 0.2) is 5.38 Å². The predicted octanol–water partition coefficient (Wildman–Crippen LogP) is 1.60. The molecule has 0 fully saturated rings. The average Bonchev–Trinajstić information content (AvgIpc) is 2.66. The number of methoxy groups -OCH3 is 1. The number of thiol groups is 1. The van der Waals surface area contributed by atoms with Gasteiger partial charge in [0.2, 0.25) is 0 Å². The predicted molar refractivity (Wildman–Crippen MR) is 58.8 cm³/mol. The Hall–Kier alpha value is -0.990. The summed E-state index contributed by atoms with van der Waals surface area (Å²) in [6.07, 6.45) is 0.719. The van der Waals surface area contributed by atoms with E-state index in [1.807, 2.05) is 0 Å². The molecule has 0 spiro atoms. The van der Waals surface area contributed by atoms with Crippen molar-refractivity contribution in [3.63, 3.8) is 0 Å². The van der Waals surface area contributed by atoms with Crippen LogP contribution < -0.4 is 0 Å². The zero-order valence-corrected chi connectivity index (χ0v) is 9.32. The van der Waals surface area contributed by atoms with Crippen molar-refractivity contribution in [2.45, 2.75) is 6.42 Å². The fourth-order valence-corrected chi connectivity index (χ4v) is 1.49. The van der Waals surface area contributed by atoms with Crippen LogP contribution in [0.1, 0.15) is 21.9 Å². The molecule has 1 aromatic heterocycles. The monoisotopic (exact) mass is 227 g/mol. The van der Waals surface area contributed by atoms with E-state index in [1.54, 1.807) is 5.38 Å². The molecular weight excluding hydrogens is 218 g/mol. The molecule has 3 nitrogen and oxygen atoms in total. The number of hydrogen-bond acceptors (Lipinski definition) is 5. The molecule has 0 amide bonds. The van der Waals surface area contributed by atoms with Gasteiger partial charge in [-0.05, 0) is 5.92 Å². The molecule has 0 saturated carbocycles. The van der Waals surface area contributed by atoms with Crippen LogP contribution in [0, 0.1) is 11.8 Å². The third-order valence-corrected chi connectivity index (χ3v) is 2.31. The van der Waals surface area contributed by atoms with Crippen LogP contribution >= 0.6 is 24.0 Å². The number of nitrogens with zero attached hydrogens (tertiary/aromatic N) is 1. The lowest BCUT2D eigenvalue weighted by Gasteiger charge is -1.89. The molecule has 1 heterocycles. The molecule has 0 N–H and O–H groups in total. The fraction of sp³-hybridized carbons (Fsp3) is 0.333. The van der Waals surface area contributed by atoms with Gasteiger partial charge in [-0.2, -0.15) is 12.6 Å². The minimum Gasteiger partial charge on any atom is -0.464 e. The molecule has 0 aliphatic rings. The number of hydrogen-bond donors (Lipinski definition) is 1. The van der Waals surface area contributed by atoms with E-state index in [4.69, 9.17) is 0 Å². The standard InChI is InChI=1S/C9H9NO2S2/c1-12-9(11)7-6-14-8(10-7)4-2-3-5-13/h6,13H,3,5H2,1H3. The summed E-state index contributed by atoms with van der Waals surface area (Å²) < 4.78 is 4.52. The topological polar surface area (TPSA) is 39.2 Å². The first-order valence-electron chi connectivity index (χ1n) is 3.91. The lowest BCUT2D eigenvalue weighted by atomic mass is 10.4. The highest BCUT2D eigenvalue weighted by molar-refractivity contribution is 7.80. The quantitative estimate of drug-likeness (QED) is 0.474. The molecule has 0 aliphatic heterocycles. The molecule has 0 radical (unpaired) electrons. The van der Waals surface area contributed by atoms with E-state index in [0.717, 1.165) is 12.2 Å². The van der Waals surface area contributed by atoms with Crippen LogP contribution in [0.25, 0.3) is 0 Å². The smallest absolute Gasteiger partial charge is 0.357 e. The molecule has 0 saturated heterocycles. The highest BCUT2D eigenvalue weighted by Crippen LogP contribution is 2.09. The Bertz CT molecular complexity index is 376. The van der Waals surface area contributed by atoms with Crippen LogP contribution in [-0.4, -0.2) is 23.8 Å². The van der Waals surface area contributed by atoms with Gasteiger partial charge >= 0.3 is 5.97 Å². The van der Waals surface area contributed by atoms with Crippen molar-refractivity contribution in [1.29, 1.82) is 0 Å². The maximum atomic E-state index is 11.0. The van der Waals surface area contributed by atoms with E-state index >= 15 is 0 Å². The summed E-state index contributed by atoms with van der Waals surface area (Å²) in [5.74, 6) is 6.03. The number of thiazole rings is 1. The van der Waals surface area contributed by atoms with Gasteiger partial charge in [-0.25, -0.2) is 9.78 Å². The number of carbonyl (C=O) groups excluding carboxylic acids is 1. The molecule has 74 valence electrons. The van der Waals surface area contributed by atoms with E-state index in [1.165, 1.54) is 18.4 Å². The summed E-state index contributed by atoms with van der Waals surface area (Å²) in [4.78, 5) is 15.0. The molecule has 0 atom stereocenters. The first-order chi connectivity index (χ1) is 6.77. The zero-order chi connectivity index (χ0) is 10.4. The zero-order valence-electron chi connectivity index (χ0n) is 7.61. The van der Waals surface area contributed by atoms with Crippen LogP contribution in [0.3, 0.4) is 0 Å². The third kappa shape index (κ3) is 3.05. The minimum atomic E-state index is -0.427. The van der Waals surface area contributed by atoms with Crippen LogP contribution in [0.5, 0.6) is 0 Å². The summed E-state index contributed by atoms with van der Waals surface area (Å²) >= 11 is 5.36. The fourth-order valence-electron chi connectivity index (χ4n) is 0.723. The van der Waals surface area contributed by atoms with Crippen molar-refractivity contribution in [3.8, 4) is 11.8 Å². The normalized spacial score (nSPS) is 9.00. The van der Waals surface area contributed by atoms with Crippen LogP contribution in [-0.2, 0) is 4.74 Å². The summed E-state index contributed by atoms with van der Waals surface area (Å²) in [7, 11) is 1.33. The Kier molecular flexibility index (Phi) is 4.50. The van der Waals surface area contributed by atoms with E-state index in [2.05, 4.69) is 34.2 Å². The van der Waals surface area contributed by atoms with E-state index < -0.39 is 5.97 Å². The molecular formula is C9H9NO2S2. The van der Waals surface area contributed by atoms with Crippen molar-refractivity contribution >= 4 is 29.9 Å². The van der Waals surface area contributed by atoms with E-state index in [0.29, 0.717) is 10.7 Å². The minimum absolute atomic E-state index is 0.313. The Balaban J connectivity index is 2.70. The first-order valence-corrected chi connectivity index (χ1v) is 5.42. The second-order valence-electron chi connectivity index (χ2n) is 2.30. The third-order valence-electron chi connectivity index (χ3n) is 1.33.